The van der Waals surface area contributed by atoms with Crippen molar-refractivity contribution in [3.8, 4) is 0 Å². The summed E-state index contributed by atoms with van der Waals surface area (Å²) >= 11 is 0. The van der Waals surface area contributed by atoms with E-state index in [-0.39, 0.29) is 0 Å². The summed E-state index contributed by atoms with van der Waals surface area (Å²) in [7, 11) is 0. The quantitative estimate of drug-likeness (QED) is 0.390. The standard InChI is InChI=1S/C25H27N5/c1-5-9-20(14-18(2)3)30(21-11-8-10-19(4)15-21)25-24(28-17-29-25)16-27-23-13-7-6-12-22(23)26/h5-16H,2,17,26H2,1,3-4H3/b9-5-,20-14+,27-16?. The molecule has 1 aliphatic rings. The third kappa shape index (κ3) is 5.00. The lowest BCUT2D eigenvalue weighted by Gasteiger charge is -2.26. The third-order valence-corrected chi connectivity index (χ3v) is 4.41. The topological polar surface area (TPSA) is 66.3 Å². The van der Waals surface area contributed by atoms with Crippen molar-refractivity contribution in [2.24, 2.45) is 15.0 Å². The maximum Gasteiger partial charge on any atom is 0.162 e. The van der Waals surface area contributed by atoms with Crippen molar-refractivity contribution in [1.82, 2.24) is 0 Å². The molecule has 5 nitrogen and oxygen atoms in total. The monoisotopic (exact) mass is 397 g/mol. The van der Waals surface area contributed by atoms with Gasteiger partial charge >= 0.3 is 0 Å². The lowest BCUT2D eigenvalue weighted by atomic mass is 10.1. The fourth-order valence-corrected chi connectivity index (χ4v) is 3.12. The molecule has 0 atom stereocenters. The Morgan fingerprint density at radius 3 is 2.67 bits per heavy atom. The van der Waals surface area contributed by atoms with Crippen LogP contribution in [0, 0.1) is 6.92 Å². The van der Waals surface area contributed by atoms with Gasteiger partial charge in [-0.3, -0.25) is 14.9 Å². The van der Waals surface area contributed by atoms with Crippen LogP contribution in [0.1, 0.15) is 19.4 Å². The van der Waals surface area contributed by atoms with Gasteiger partial charge in [0.05, 0.1) is 17.6 Å². The highest BCUT2D eigenvalue weighted by atomic mass is 15.2. The van der Waals surface area contributed by atoms with Crippen LogP contribution in [0.15, 0.2) is 99.6 Å². The van der Waals surface area contributed by atoms with Crippen molar-refractivity contribution in [2.75, 3.05) is 17.3 Å². The van der Waals surface area contributed by atoms with Crippen molar-refractivity contribution in [2.45, 2.75) is 20.8 Å². The van der Waals surface area contributed by atoms with Gasteiger partial charge in [-0.25, -0.2) is 4.99 Å². The SMILES string of the molecule is C=C(C)/C=C(\C=C/C)N(C1=NCN=C1C=Nc1ccccc1N)c1cccc(C)c1. The average Bonchev–Trinajstić information content (AvgIpc) is 3.15. The Morgan fingerprint density at radius 2 is 1.97 bits per heavy atom. The largest absolute Gasteiger partial charge is 0.397 e. The summed E-state index contributed by atoms with van der Waals surface area (Å²) in [4.78, 5) is 15.9. The van der Waals surface area contributed by atoms with Crippen LogP contribution in [-0.4, -0.2) is 24.4 Å². The fraction of sp³-hybridized carbons (Fsp3) is 0.160. The Kier molecular flexibility index (Phi) is 6.75. The summed E-state index contributed by atoms with van der Waals surface area (Å²) in [5, 5.41) is 0. The van der Waals surface area contributed by atoms with E-state index in [1.165, 1.54) is 0 Å². The maximum absolute atomic E-state index is 6.03. The Hall–Kier alpha value is -3.73. The average molecular weight is 398 g/mol. The highest BCUT2D eigenvalue weighted by molar-refractivity contribution is 6.66. The number of nitrogens with two attached hydrogens (primary N) is 1. The fourth-order valence-electron chi connectivity index (χ4n) is 3.12. The number of aryl methyl sites for hydroxylation is 1. The number of anilines is 2. The van der Waals surface area contributed by atoms with Gasteiger partial charge in [-0.1, -0.05) is 42.5 Å². The molecule has 3 rings (SSSR count). The third-order valence-electron chi connectivity index (χ3n) is 4.41. The van der Waals surface area contributed by atoms with Crippen molar-refractivity contribution in [3.05, 3.63) is 90.2 Å². The molecule has 2 N–H and O–H groups in total. The molecule has 0 amide bonds. The van der Waals surface area contributed by atoms with E-state index in [0.717, 1.165) is 28.4 Å². The first kappa shape index (κ1) is 21.0. The molecule has 2 aromatic rings. The molecule has 5 heteroatoms. The molecular formula is C25H27N5. The van der Waals surface area contributed by atoms with Gasteiger partial charge in [0.2, 0.25) is 0 Å². The van der Waals surface area contributed by atoms with E-state index in [9.17, 15) is 0 Å². The Bertz CT molecular complexity index is 1090. The predicted molar refractivity (Wildman–Crippen MR) is 130 cm³/mol. The molecule has 0 aromatic heterocycles. The molecule has 0 radical (unpaired) electrons. The number of nitrogen functional groups attached to an aromatic ring is 1. The molecule has 1 aliphatic heterocycles. The van der Waals surface area contributed by atoms with E-state index in [0.29, 0.717) is 23.8 Å². The highest BCUT2D eigenvalue weighted by Gasteiger charge is 2.23. The number of hydrogen-bond acceptors (Lipinski definition) is 5. The molecule has 0 fully saturated rings. The molecule has 2 aromatic carbocycles. The van der Waals surface area contributed by atoms with E-state index < -0.39 is 0 Å². The van der Waals surface area contributed by atoms with Crippen LogP contribution in [0.25, 0.3) is 0 Å². The minimum Gasteiger partial charge on any atom is -0.397 e. The number of rotatable bonds is 6. The second kappa shape index (κ2) is 9.65. The lowest BCUT2D eigenvalue weighted by Crippen LogP contribution is -2.35. The maximum atomic E-state index is 6.03. The second-order valence-corrected chi connectivity index (χ2v) is 7.07. The number of para-hydroxylation sites is 2. The first-order valence-electron chi connectivity index (χ1n) is 9.84. The van der Waals surface area contributed by atoms with Crippen molar-refractivity contribution in [3.63, 3.8) is 0 Å². The highest BCUT2D eigenvalue weighted by Crippen LogP contribution is 2.25. The number of allylic oxidation sites excluding steroid dienone is 4. The molecule has 152 valence electrons. The first-order chi connectivity index (χ1) is 14.5. The van der Waals surface area contributed by atoms with Gasteiger partial charge in [0.1, 0.15) is 12.4 Å². The predicted octanol–water partition coefficient (Wildman–Crippen LogP) is 5.63. The number of aliphatic imine (C=N–C) groups is 3. The molecule has 0 saturated heterocycles. The van der Waals surface area contributed by atoms with E-state index in [4.69, 9.17) is 5.73 Å². The normalized spacial score (nSPS) is 14.3. The second-order valence-electron chi connectivity index (χ2n) is 7.07. The van der Waals surface area contributed by atoms with Crippen LogP contribution in [0.2, 0.25) is 0 Å². The van der Waals surface area contributed by atoms with Crippen LogP contribution in [-0.2, 0) is 0 Å². The molecule has 30 heavy (non-hydrogen) atoms. The van der Waals surface area contributed by atoms with Crippen molar-refractivity contribution in [1.29, 1.82) is 0 Å². The van der Waals surface area contributed by atoms with E-state index >= 15 is 0 Å². The molecule has 1 heterocycles. The number of nitrogens with zero attached hydrogens (tertiary/aromatic N) is 4. The van der Waals surface area contributed by atoms with Crippen LogP contribution in [0.5, 0.6) is 0 Å². The van der Waals surface area contributed by atoms with Gasteiger partial charge in [0.15, 0.2) is 5.84 Å². The van der Waals surface area contributed by atoms with Gasteiger partial charge in [0, 0.05) is 11.4 Å². The number of hydrogen-bond donors (Lipinski definition) is 1. The minimum atomic E-state index is 0.361. The van der Waals surface area contributed by atoms with Crippen LogP contribution in [0.3, 0.4) is 0 Å². The molecule has 0 aliphatic carbocycles. The summed E-state index contributed by atoms with van der Waals surface area (Å²) in [5.41, 5.74) is 12.1. The molecular weight excluding hydrogens is 370 g/mol. The first-order valence-corrected chi connectivity index (χ1v) is 9.84. The Morgan fingerprint density at radius 1 is 1.17 bits per heavy atom. The lowest BCUT2D eigenvalue weighted by molar-refractivity contribution is 1.09. The summed E-state index contributed by atoms with van der Waals surface area (Å²) < 4.78 is 0. The van der Waals surface area contributed by atoms with Crippen LogP contribution >= 0.6 is 0 Å². The summed E-state index contributed by atoms with van der Waals surface area (Å²) in [5.74, 6) is 0.740. The van der Waals surface area contributed by atoms with E-state index in [2.05, 4.69) is 51.6 Å². The van der Waals surface area contributed by atoms with Crippen LogP contribution < -0.4 is 10.6 Å². The summed E-state index contributed by atoms with van der Waals surface area (Å²) in [6.45, 7) is 10.5. The molecule has 0 bridgehead atoms. The number of benzene rings is 2. The van der Waals surface area contributed by atoms with Gasteiger partial charge < -0.3 is 5.73 Å². The number of amidine groups is 1. The van der Waals surface area contributed by atoms with Crippen molar-refractivity contribution >= 4 is 34.8 Å². The Labute approximate surface area is 178 Å². The summed E-state index contributed by atoms with van der Waals surface area (Å²) in [6.07, 6.45) is 7.81. The smallest absolute Gasteiger partial charge is 0.162 e. The van der Waals surface area contributed by atoms with Crippen LogP contribution in [0.4, 0.5) is 17.1 Å². The summed E-state index contributed by atoms with van der Waals surface area (Å²) in [6, 6.07) is 15.8. The van der Waals surface area contributed by atoms with E-state index in [1.807, 2.05) is 62.4 Å². The van der Waals surface area contributed by atoms with E-state index in [1.54, 1.807) is 6.21 Å². The molecule has 0 unspecified atom stereocenters. The molecule has 0 saturated carbocycles. The Balaban J connectivity index is 2.06. The zero-order valence-electron chi connectivity index (χ0n) is 17.7. The van der Waals surface area contributed by atoms with Gasteiger partial charge in [0.25, 0.3) is 0 Å². The van der Waals surface area contributed by atoms with Gasteiger partial charge in [-0.15, -0.1) is 0 Å². The zero-order valence-corrected chi connectivity index (χ0v) is 17.7. The minimum absolute atomic E-state index is 0.361. The van der Waals surface area contributed by atoms with Gasteiger partial charge in [-0.05, 0) is 62.8 Å². The molecule has 0 spiro atoms. The van der Waals surface area contributed by atoms with Gasteiger partial charge in [-0.2, -0.15) is 0 Å². The van der Waals surface area contributed by atoms with Crippen molar-refractivity contribution < 1.29 is 0 Å². The zero-order chi connectivity index (χ0) is 21.5.